The first-order valence-corrected chi connectivity index (χ1v) is 7.87. The molecule has 2 N–H and O–H groups in total. The van der Waals surface area contributed by atoms with Crippen LogP contribution in [0.15, 0.2) is 0 Å². The summed E-state index contributed by atoms with van der Waals surface area (Å²) in [4.78, 5) is 0. The van der Waals surface area contributed by atoms with E-state index in [1.807, 2.05) is 11.8 Å². The number of hydrogen-bond acceptors (Lipinski definition) is 3. The summed E-state index contributed by atoms with van der Waals surface area (Å²) in [5, 5.41) is 13.1. The molecular weight excluding hydrogens is 230 g/mol. The highest BCUT2D eigenvalue weighted by atomic mass is 32.2. The Bertz CT molecular complexity index is 185. The molecule has 0 bridgehead atoms. The molecule has 0 saturated carbocycles. The highest BCUT2D eigenvalue weighted by Crippen LogP contribution is 2.26. The Labute approximate surface area is 112 Å². The summed E-state index contributed by atoms with van der Waals surface area (Å²) in [5.74, 6) is 1.18. The zero-order chi connectivity index (χ0) is 13.4. The van der Waals surface area contributed by atoms with Gasteiger partial charge in [-0.05, 0) is 38.0 Å². The van der Waals surface area contributed by atoms with Gasteiger partial charge in [0.25, 0.3) is 0 Å². The third-order valence-electron chi connectivity index (χ3n) is 3.06. The summed E-state index contributed by atoms with van der Waals surface area (Å²) in [5.41, 5.74) is -0.0472. The number of aliphatic hydroxyl groups is 1. The van der Waals surface area contributed by atoms with Crippen LogP contribution in [0.4, 0.5) is 0 Å². The number of hydrogen-bond donors (Lipinski definition) is 2. The first-order valence-electron chi connectivity index (χ1n) is 6.89. The molecule has 0 spiro atoms. The van der Waals surface area contributed by atoms with Crippen LogP contribution in [-0.2, 0) is 0 Å². The second kappa shape index (κ2) is 8.39. The highest BCUT2D eigenvalue weighted by Gasteiger charge is 2.25. The molecule has 0 aliphatic heterocycles. The third kappa shape index (κ3) is 8.06. The van der Waals surface area contributed by atoms with Crippen LogP contribution in [-0.4, -0.2) is 34.3 Å². The van der Waals surface area contributed by atoms with Gasteiger partial charge < -0.3 is 10.4 Å². The molecule has 1 unspecified atom stereocenters. The minimum atomic E-state index is -0.0472. The Morgan fingerprint density at radius 3 is 2.24 bits per heavy atom. The van der Waals surface area contributed by atoms with E-state index >= 15 is 0 Å². The number of thioether (sulfide) groups is 1. The second-order valence-electron chi connectivity index (χ2n) is 5.78. The van der Waals surface area contributed by atoms with Gasteiger partial charge >= 0.3 is 0 Å². The highest BCUT2D eigenvalue weighted by molar-refractivity contribution is 8.00. The van der Waals surface area contributed by atoms with Crippen molar-refractivity contribution < 1.29 is 5.11 Å². The van der Waals surface area contributed by atoms with E-state index in [1.54, 1.807) is 0 Å². The van der Waals surface area contributed by atoms with Gasteiger partial charge in [-0.15, -0.1) is 0 Å². The summed E-state index contributed by atoms with van der Waals surface area (Å²) in [6.45, 7) is 12.4. The molecule has 0 aromatic heterocycles. The minimum Gasteiger partial charge on any atom is -0.394 e. The average Bonchev–Trinajstić information content (AvgIpc) is 2.28. The Balaban J connectivity index is 3.99. The first kappa shape index (κ1) is 17.3. The van der Waals surface area contributed by atoms with Gasteiger partial charge in [0.15, 0.2) is 0 Å². The lowest BCUT2D eigenvalue weighted by atomic mass is 9.91. The van der Waals surface area contributed by atoms with E-state index in [0.717, 1.165) is 25.8 Å². The van der Waals surface area contributed by atoms with Crippen molar-refractivity contribution in [2.24, 2.45) is 0 Å². The molecule has 0 aliphatic rings. The molecule has 0 radical (unpaired) electrons. The van der Waals surface area contributed by atoms with Crippen molar-refractivity contribution in [3.63, 3.8) is 0 Å². The maximum Gasteiger partial charge on any atom is 0.0613 e. The molecule has 0 heterocycles. The van der Waals surface area contributed by atoms with Gasteiger partial charge in [-0.2, -0.15) is 11.8 Å². The van der Waals surface area contributed by atoms with Gasteiger partial charge in [-0.25, -0.2) is 0 Å². The van der Waals surface area contributed by atoms with E-state index in [4.69, 9.17) is 0 Å². The van der Waals surface area contributed by atoms with Gasteiger partial charge in [0, 0.05) is 10.3 Å². The molecule has 17 heavy (non-hydrogen) atoms. The number of nitrogens with one attached hydrogen (secondary N) is 1. The van der Waals surface area contributed by atoms with E-state index in [2.05, 4.69) is 39.9 Å². The Morgan fingerprint density at radius 1 is 1.18 bits per heavy atom. The van der Waals surface area contributed by atoms with Gasteiger partial charge in [0.05, 0.1) is 6.61 Å². The fraction of sp³-hybridized carbons (Fsp3) is 1.00. The number of aliphatic hydroxyl groups excluding tert-OH is 1. The largest absolute Gasteiger partial charge is 0.394 e. The van der Waals surface area contributed by atoms with Gasteiger partial charge in [0.2, 0.25) is 0 Å². The van der Waals surface area contributed by atoms with Gasteiger partial charge in [-0.1, -0.05) is 34.6 Å². The predicted molar refractivity (Wildman–Crippen MR) is 79.8 cm³/mol. The normalized spacial score (nSPS) is 15.9. The summed E-state index contributed by atoms with van der Waals surface area (Å²) in [6.07, 6.45) is 4.37. The second-order valence-corrected chi connectivity index (χ2v) is 7.70. The molecule has 0 amide bonds. The Kier molecular flexibility index (Phi) is 8.52. The van der Waals surface area contributed by atoms with E-state index in [-0.39, 0.29) is 12.1 Å². The smallest absolute Gasteiger partial charge is 0.0613 e. The van der Waals surface area contributed by atoms with Gasteiger partial charge in [-0.3, -0.25) is 0 Å². The van der Waals surface area contributed by atoms with E-state index in [1.165, 1.54) is 12.2 Å². The fourth-order valence-electron chi connectivity index (χ4n) is 1.82. The molecule has 104 valence electrons. The maximum atomic E-state index is 9.59. The topological polar surface area (TPSA) is 32.3 Å². The molecule has 1 atom stereocenters. The van der Waals surface area contributed by atoms with Gasteiger partial charge in [0.1, 0.15) is 0 Å². The molecule has 0 fully saturated rings. The van der Waals surface area contributed by atoms with Crippen LogP contribution >= 0.6 is 11.8 Å². The van der Waals surface area contributed by atoms with Crippen LogP contribution in [0.2, 0.25) is 0 Å². The lowest BCUT2D eigenvalue weighted by molar-refractivity contribution is 0.146. The van der Waals surface area contributed by atoms with Crippen LogP contribution in [0.25, 0.3) is 0 Å². The molecule has 2 nitrogen and oxygen atoms in total. The average molecular weight is 261 g/mol. The van der Waals surface area contributed by atoms with E-state index < -0.39 is 0 Å². The van der Waals surface area contributed by atoms with E-state index in [9.17, 15) is 5.11 Å². The van der Waals surface area contributed by atoms with Crippen molar-refractivity contribution in [1.82, 2.24) is 5.32 Å². The first-order chi connectivity index (χ1) is 7.89. The standard InChI is InChI=1S/C14H31NOS/c1-6-10-15-14(7-2,12-16)9-8-11-17-13(3,4)5/h15-16H,6-12H2,1-5H3. The SMILES string of the molecule is CCCNC(CC)(CO)CCCSC(C)(C)C. The number of rotatable bonds is 9. The van der Waals surface area contributed by atoms with E-state index in [0.29, 0.717) is 4.75 Å². The minimum absolute atomic E-state index is 0.0472. The summed E-state index contributed by atoms with van der Waals surface area (Å²) in [6, 6.07) is 0. The molecule has 0 aromatic carbocycles. The van der Waals surface area contributed by atoms with Crippen molar-refractivity contribution in [1.29, 1.82) is 0 Å². The van der Waals surface area contributed by atoms with Crippen molar-refractivity contribution in [3.8, 4) is 0 Å². The molecule has 0 aromatic rings. The maximum absolute atomic E-state index is 9.59. The fourth-order valence-corrected chi connectivity index (χ4v) is 2.72. The van der Waals surface area contributed by atoms with Crippen molar-refractivity contribution in [2.75, 3.05) is 18.9 Å². The quantitative estimate of drug-likeness (QED) is 0.624. The molecule has 0 aliphatic carbocycles. The Hall–Kier alpha value is 0.270. The Morgan fingerprint density at radius 2 is 1.82 bits per heavy atom. The third-order valence-corrected chi connectivity index (χ3v) is 4.42. The van der Waals surface area contributed by atoms with Crippen LogP contribution in [0.5, 0.6) is 0 Å². The zero-order valence-corrected chi connectivity index (χ0v) is 13.1. The van der Waals surface area contributed by atoms with Crippen molar-refractivity contribution in [2.45, 2.75) is 70.6 Å². The monoisotopic (exact) mass is 261 g/mol. The van der Waals surface area contributed by atoms with Crippen LogP contribution in [0.1, 0.15) is 60.3 Å². The van der Waals surface area contributed by atoms with Crippen molar-refractivity contribution >= 4 is 11.8 Å². The molecule has 0 saturated heterocycles. The zero-order valence-electron chi connectivity index (χ0n) is 12.3. The van der Waals surface area contributed by atoms with Crippen LogP contribution < -0.4 is 5.32 Å². The van der Waals surface area contributed by atoms with Crippen LogP contribution in [0.3, 0.4) is 0 Å². The summed E-state index contributed by atoms with van der Waals surface area (Å²) >= 11 is 2.01. The summed E-state index contributed by atoms with van der Waals surface area (Å²) in [7, 11) is 0. The predicted octanol–water partition coefficient (Wildman–Crippen LogP) is 3.44. The molecule has 3 heteroatoms. The van der Waals surface area contributed by atoms with Crippen LogP contribution in [0, 0.1) is 0 Å². The summed E-state index contributed by atoms with van der Waals surface area (Å²) < 4.78 is 0.352. The lowest BCUT2D eigenvalue weighted by Crippen LogP contribution is -2.48. The molecule has 0 rings (SSSR count). The van der Waals surface area contributed by atoms with Crippen molar-refractivity contribution in [3.05, 3.63) is 0 Å². The lowest BCUT2D eigenvalue weighted by Gasteiger charge is -2.32. The molecular formula is C14H31NOS.